The number of hydrogen-bond donors (Lipinski definition) is 2. The number of aliphatic hydroxyl groups excluding tert-OH is 1. The van der Waals surface area contributed by atoms with E-state index in [0.29, 0.717) is 18.1 Å². The van der Waals surface area contributed by atoms with Crippen LogP contribution in [0.3, 0.4) is 0 Å². The first-order valence-electron chi connectivity index (χ1n) is 6.47. The Morgan fingerprint density at radius 2 is 2.11 bits per heavy atom. The van der Waals surface area contributed by atoms with Gasteiger partial charge in [-0.15, -0.1) is 11.8 Å². The molecule has 1 amide bonds. The Morgan fingerprint density at radius 3 is 2.68 bits per heavy atom. The van der Waals surface area contributed by atoms with Crippen molar-refractivity contribution in [2.24, 2.45) is 5.92 Å². The molecule has 2 rings (SSSR count). The lowest BCUT2D eigenvalue weighted by Gasteiger charge is -2.16. The van der Waals surface area contributed by atoms with E-state index in [1.807, 2.05) is 0 Å². The molecule has 5 heteroatoms. The first-order valence-corrected chi connectivity index (χ1v) is 7.46. The molecule has 1 aliphatic carbocycles. The van der Waals surface area contributed by atoms with Gasteiger partial charge in [0.15, 0.2) is 0 Å². The number of hydrogen-bond acceptors (Lipinski definition) is 3. The number of aliphatic hydroxyl groups is 1. The van der Waals surface area contributed by atoms with Crippen LogP contribution in [0.4, 0.5) is 4.39 Å². The summed E-state index contributed by atoms with van der Waals surface area (Å²) >= 11 is 1.39. The number of nitrogens with one attached hydrogen (secondary N) is 1. The predicted molar refractivity (Wildman–Crippen MR) is 73.5 cm³/mol. The van der Waals surface area contributed by atoms with Crippen LogP contribution in [0.1, 0.15) is 19.3 Å². The molecule has 0 bridgehead atoms. The average Bonchev–Trinajstić information content (AvgIpc) is 3.22. The van der Waals surface area contributed by atoms with E-state index >= 15 is 0 Å². The molecule has 1 aromatic rings. The summed E-state index contributed by atoms with van der Waals surface area (Å²) in [6.07, 6.45) is 2.89. The van der Waals surface area contributed by atoms with Crippen molar-refractivity contribution in [3.05, 3.63) is 30.1 Å². The van der Waals surface area contributed by atoms with Crippen molar-refractivity contribution in [2.45, 2.75) is 30.2 Å². The summed E-state index contributed by atoms with van der Waals surface area (Å²) in [4.78, 5) is 12.7. The molecule has 1 atom stereocenters. The third kappa shape index (κ3) is 4.84. The number of halogens is 1. The molecule has 3 nitrogen and oxygen atoms in total. The molecular weight excluding hydrogens is 265 g/mol. The standard InChI is InChI=1S/C14H18FNO2S/c15-11-3-5-12(6-4-11)19-9-14(18)16-13(7-8-17)10-1-2-10/h3-6,10,13,17H,1-2,7-9H2,(H,16,18). The summed E-state index contributed by atoms with van der Waals surface area (Å²) < 4.78 is 12.7. The summed E-state index contributed by atoms with van der Waals surface area (Å²) in [5.74, 6) is 0.553. The van der Waals surface area contributed by atoms with Crippen molar-refractivity contribution in [1.29, 1.82) is 0 Å². The van der Waals surface area contributed by atoms with E-state index in [4.69, 9.17) is 5.11 Å². The lowest BCUT2D eigenvalue weighted by atomic mass is 10.1. The van der Waals surface area contributed by atoms with E-state index in [1.54, 1.807) is 12.1 Å². The molecule has 0 saturated heterocycles. The molecule has 1 aliphatic rings. The van der Waals surface area contributed by atoms with Gasteiger partial charge >= 0.3 is 0 Å². The molecule has 0 spiro atoms. The van der Waals surface area contributed by atoms with Crippen LogP contribution in [0.2, 0.25) is 0 Å². The lowest BCUT2D eigenvalue weighted by Crippen LogP contribution is -2.38. The molecule has 2 N–H and O–H groups in total. The molecule has 1 aromatic carbocycles. The van der Waals surface area contributed by atoms with Gasteiger partial charge in [-0.1, -0.05) is 0 Å². The van der Waals surface area contributed by atoms with Gasteiger partial charge < -0.3 is 10.4 Å². The minimum atomic E-state index is -0.273. The molecule has 1 saturated carbocycles. The fourth-order valence-electron chi connectivity index (χ4n) is 1.99. The number of carbonyl (C=O) groups excluding carboxylic acids is 1. The highest BCUT2D eigenvalue weighted by Gasteiger charge is 2.31. The van der Waals surface area contributed by atoms with Crippen molar-refractivity contribution in [2.75, 3.05) is 12.4 Å². The number of carbonyl (C=O) groups is 1. The summed E-state index contributed by atoms with van der Waals surface area (Å²) in [5, 5.41) is 11.9. The summed E-state index contributed by atoms with van der Waals surface area (Å²) in [6, 6.07) is 6.21. The zero-order valence-electron chi connectivity index (χ0n) is 10.6. The van der Waals surface area contributed by atoms with Gasteiger partial charge in [0.05, 0.1) is 5.75 Å². The third-order valence-electron chi connectivity index (χ3n) is 3.16. The van der Waals surface area contributed by atoms with Crippen LogP contribution in [0, 0.1) is 11.7 Å². The highest BCUT2D eigenvalue weighted by atomic mass is 32.2. The molecule has 0 aromatic heterocycles. The van der Waals surface area contributed by atoms with E-state index in [-0.39, 0.29) is 24.4 Å². The molecule has 0 radical (unpaired) electrons. The molecular formula is C14H18FNO2S. The second kappa shape index (κ2) is 6.91. The number of thioether (sulfide) groups is 1. The Morgan fingerprint density at radius 1 is 1.42 bits per heavy atom. The maximum absolute atomic E-state index is 12.7. The van der Waals surface area contributed by atoms with Gasteiger partial charge in [-0.25, -0.2) is 4.39 Å². The van der Waals surface area contributed by atoms with Gasteiger partial charge in [-0.05, 0) is 49.4 Å². The first-order chi connectivity index (χ1) is 9.19. The second-order valence-electron chi connectivity index (χ2n) is 4.77. The van der Waals surface area contributed by atoms with Crippen LogP contribution in [-0.2, 0) is 4.79 Å². The van der Waals surface area contributed by atoms with Crippen LogP contribution in [0.15, 0.2) is 29.2 Å². The minimum Gasteiger partial charge on any atom is -0.396 e. The Bertz CT molecular complexity index is 420. The highest BCUT2D eigenvalue weighted by molar-refractivity contribution is 8.00. The SMILES string of the molecule is O=C(CSc1ccc(F)cc1)NC(CCO)C1CC1. The Kier molecular flexibility index (Phi) is 5.22. The normalized spacial score (nSPS) is 16.1. The van der Waals surface area contributed by atoms with Gasteiger partial charge in [-0.3, -0.25) is 4.79 Å². The van der Waals surface area contributed by atoms with Crippen LogP contribution in [-0.4, -0.2) is 29.4 Å². The van der Waals surface area contributed by atoms with Gasteiger partial charge in [0.25, 0.3) is 0 Å². The van der Waals surface area contributed by atoms with Crippen molar-refractivity contribution in [3.8, 4) is 0 Å². The number of benzene rings is 1. The monoisotopic (exact) mass is 283 g/mol. The van der Waals surface area contributed by atoms with E-state index in [1.165, 1.54) is 23.9 Å². The minimum absolute atomic E-state index is 0.0281. The number of rotatable bonds is 7. The van der Waals surface area contributed by atoms with E-state index in [2.05, 4.69) is 5.32 Å². The molecule has 0 aliphatic heterocycles. The average molecular weight is 283 g/mol. The molecule has 104 valence electrons. The van der Waals surface area contributed by atoms with Gasteiger partial charge in [-0.2, -0.15) is 0 Å². The summed E-state index contributed by atoms with van der Waals surface area (Å²) in [6.45, 7) is 0.104. The predicted octanol–water partition coefficient (Wildman–Crippen LogP) is 2.20. The van der Waals surface area contributed by atoms with Crippen molar-refractivity contribution in [1.82, 2.24) is 5.32 Å². The van der Waals surface area contributed by atoms with Crippen molar-refractivity contribution < 1.29 is 14.3 Å². The summed E-state index contributed by atoms with van der Waals surface area (Å²) in [7, 11) is 0. The molecule has 1 fully saturated rings. The van der Waals surface area contributed by atoms with Gasteiger partial charge in [0.2, 0.25) is 5.91 Å². The van der Waals surface area contributed by atoms with Crippen molar-refractivity contribution in [3.63, 3.8) is 0 Å². The Hall–Kier alpha value is -1.07. The highest BCUT2D eigenvalue weighted by Crippen LogP contribution is 2.34. The first kappa shape index (κ1) is 14.3. The fraction of sp³-hybridized carbons (Fsp3) is 0.500. The quantitative estimate of drug-likeness (QED) is 0.754. The Balaban J connectivity index is 1.75. The van der Waals surface area contributed by atoms with Crippen LogP contribution < -0.4 is 5.32 Å². The van der Waals surface area contributed by atoms with Crippen molar-refractivity contribution >= 4 is 17.7 Å². The largest absolute Gasteiger partial charge is 0.396 e. The lowest BCUT2D eigenvalue weighted by molar-refractivity contribution is -0.119. The topological polar surface area (TPSA) is 49.3 Å². The van der Waals surface area contributed by atoms with E-state index < -0.39 is 0 Å². The third-order valence-corrected chi connectivity index (χ3v) is 4.17. The van der Waals surface area contributed by atoms with Crippen LogP contribution in [0.5, 0.6) is 0 Å². The van der Waals surface area contributed by atoms with Gasteiger partial charge in [0, 0.05) is 17.5 Å². The zero-order chi connectivity index (χ0) is 13.7. The summed E-state index contributed by atoms with van der Waals surface area (Å²) in [5.41, 5.74) is 0. The molecule has 0 heterocycles. The molecule has 1 unspecified atom stereocenters. The number of amides is 1. The maximum Gasteiger partial charge on any atom is 0.230 e. The van der Waals surface area contributed by atoms with Crippen LogP contribution in [0.25, 0.3) is 0 Å². The maximum atomic E-state index is 12.7. The van der Waals surface area contributed by atoms with E-state index in [0.717, 1.165) is 17.7 Å². The molecule has 19 heavy (non-hydrogen) atoms. The van der Waals surface area contributed by atoms with Gasteiger partial charge in [0.1, 0.15) is 5.82 Å². The Labute approximate surface area is 116 Å². The van der Waals surface area contributed by atoms with E-state index in [9.17, 15) is 9.18 Å². The smallest absolute Gasteiger partial charge is 0.230 e. The fourth-order valence-corrected chi connectivity index (χ4v) is 2.70. The van der Waals surface area contributed by atoms with Crippen LogP contribution >= 0.6 is 11.8 Å². The second-order valence-corrected chi connectivity index (χ2v) is 5.82. The zero-order valence-corrected chi connectivity index (χ0v) is 11.5.